The molecule has 0 radical (unpaired) electrons. The predicted molar refractivity (Wildman–Crippen MR) is 72.0 cm³/mol. The molecule has 0 atom stereocenters. The minimum Gasteiger partial charge on any atom is -0.333 e. The largest absolute Gasteiger partial charge is 0.433 e. The second-order valence-corrected chi connectivity index (χ2v) is 5.08. The van der Waals surface area contributed by atoms with Gasteiger partial charge in [0.1, 0.15) is 5.69 Å². The third-order valence-corrected chi connectivity index (χ3v) is 3.36. The number of hydrogen-bond acceptors (Lipinski definition) is 4. The van der Waals surface area contributed by atoms with Gasteiger partial charge in [0.15, 0.2) is 5.78 Å². The Kier molecular flexibility index (Phi) is 5.12. The predicted octanol–water partition coefficient (Wildman–Crippen LogP) is 1.03. The number of pyridine rings is 1. The van der Waals surface area contributed by atoms with E-state index in [4.69, 9.17) is 0 Å². The summed E-state index contributed by atoms with van der Waals surface area (Å²) < 4.78 is 37.1. The Morgan fingerprint density at radius 2 is 2.14 bits per heavy atom. The smallest absolute Gasteiger partial charge is 0.333 e. The molecule has 0 spiro atoms. The molecule has 2 rings (SSSR count). The van der Waals surface area contributed by atoms with Crippen molar-refractivity contribution in [2.24, 2.45) is 0 Å². The standard InChI is InChI=1S/C14H16F3N3O2/c15-14(16,17)12-4-2-10(7-19-12)1-3-11(21)9-20-6-5-18-8-13(20)22/h2,4,7,18H,1,3,5-6,8-9H2. The Balaban J connectivity index is 1.82. The molecule has 1 fully saturated rings. The summed E-state index contributed by atoms with van der Waals surface area (Å²) in [5.74, 6) is -0.231. The lowest BCUT2D eigenvalue weighted by Gasteiger charge is -2.26. The minimum absolute atomic E-state index is 0.0502. The summed E-state index contributed by atoms with van der Waals surface area (Å²) in [6, 6.07) is 2.22. The molecule has 1 aliphatic rings. The molecular formula is C14H16F3N3O2. The van der Waals surface area contributed by atoms with Crippen LogP contribution >= 0.6 is 0 Å². The van der Waals surface area contributed by atoms with Gasteiger partial charge in [-0.3, -0.25) is 14.6 Å². The molecule has 1 aromatic heterocycles. The summed E-state index contributed by atoms with van der Waals surface area (Å²) in [6.45, 7) is 1.43. The van der Waals surface area contributed by atoms with E-state index in [0.717, 1.165) is 12.3 Å². The van der Waals surface area contributed by atoms with Crippen LogP contribution in [-0.4, -0.2) is 47.8 Å². The van der Waals surface area contributed by atoms with Gasteiger partial charge < -0.3 is 10.2 Å². The van der Waals surface area contributed by atoms with Crippen LogP contribution in [0.4, 0.5) is 13.2 Å². The van der Waals surface area contributed by atoms with E-state index in [9.17, 15) is 22.8 Å². The van der Waals surface area contributed by atoms with Crippen LogP contribution < -0.4 is 5.32 Å². The van der Waals surface area contributed by atoms with E-state index in [1.807, 2.05) is 0 Å². The molecular weight excluding hydrogens is 299 g/mol. The zero-order valence-corrected chi connectivity index (χ0v) is 11.8. The number of aromatic nitrogens is 1. The summed E-state index contributed by atoms with van der Waals surface area (Å²) in [6.07, 6.45) is -2.85. The van der Waals surface area contributed by atoms with Crippen molar-refractivity contribution in [1.82, 2.24) is 15.2 Å². The fourth-order valence-corrected chi connectivity index (χ4v) is 2.13. The first kappa shape index (κ1) is 16.4. The second-order valence-electron chi connectivity index (χ2n) is 5.08. The van der Waals surface area contributed by atoms with Crippen LogP contribution in [-0.2, 0) is 22.2 Å². The normalized spacial score (nSPS) is 16.0. The van der Waals surface area contributed by atoms with E-state index in [1.165, 1.54) is 11.0 Å². The van der Waals surface area contributed by atoms with Gasteiger partial charge in [-0.2, -0.15) is 13.2 Å². The molecule has 0 bridgehead atoms. The Morgan fingerprint density at radius 1 is 1.36 bits per heavy atom. The summed E-state index contributed by atoms with van der Waals surface area (Å²) >= 11 is 0. The molecule has 8 heteroatoms. The summed E-state index contributed by atoms with van der Waals surface area (Å²) in [5, 5.41) is 2.91. The van der Waals surface area contributed by atoms with E-state index >= 15 is 0 Å². The first-order valence-corrected chi connectivity index (χ1v) is 6.88. The molecule has 0 unspecified atom stereocenters. The van der Waals surface area contributed by atoms with Gasteiger partial charge in [-0.25, -0.2) is 0 Å². The van der Waals surface area contributed by atoms with Crippen LogP contribution in [0.1, 0.15) is 17.7 Å². The zero-order valence-electron chi connectivity index (χ0n) is 11.8. The average molecular weight is 315 g/mol. The molecule has 2 heterocycles. The van der Waals surface area contributed by atoms with Crippen LogP contribution in [0.5, 0.6) is 0 Å². The number of carbonyl (C=O) groups excluding carboxylic acids is 2. The van der Waals surface area contributed by atoms with Gasteiger partial charge in [0, 0.05) is 25.7 Å². The lowest BCUT2D eigenvalue weighted by molar-refractivity contribution is -0.141. The number of nitrogens with zero attached hydrogens (tertiary/aromatic N) is 2. The monoisotopic (exact) mass is 315 g/mol. The van der Waals surface area contributed by atoms with Gasteiger partial charge in [0.25, 0.3) is 0 Å². The van der Waals surface area contributed by atoms with Crippen molar-refractivity contribution in [3.05, 3.63) is 29.6 Å². The fourth-order valence-electron chi connectivity index (χ4n) is 2.13. The molecule has 0 aromatic carbocycles. The number of ketones is 1. The van der Waals surface area contributed by atoms with Crippen LogP contribution in [0, 0.1) is 0 Å². The number of alkyl halides is 3. The number of amides is 1. The third-order valence-electron chi connectivity index (χ3n) is 3.36. The van der Waals surface area contributed by atoms with Crippen molar-refractivity contribution in [2.45, 2.75) is 19.0 Å². The highest BCUT2D eigenvalue weighted by atomic mass is 19.4. The number of halogens is 3. The maximum atomic E-state index is 12.4. The molecule has 1 aliphatic heterocycles. The van der Waals surface area contributed by atoms with Gasteiger partial charge in [0.05, 0.1) is 13.1 Å². The van der Waals surface area contributed by atoms with E-state index in [2.05, 4.69) is 10.3 Å². The zero-order chi connectivity index (χ0) is 16.2. The molecule has 5 nitrogen and oxygen atoms in total. The molecule has 120 valence electrons. The topological polar surface area (TPSA) is 62.3 Å². The first-order valence-electron chi connectivity index (χ1n) is 6.88. The highest BCUT2D eigenvalue weighted by Gasteiger charge is 2.32. The number of hydrogen-bond donors (Lipinski definition) is 1. The number of Topliss-reactive ketones (excluding diaryl/α,β-unsaturated/α-hetero) is 1. The number of nitrogens with one attached hydrogen (secondary N) is 1. The molecule has 1 amide bonds. The number of aryl methyl sites for hydroxylation is 1. The van der Waals surface area contributed by atoms with Gasteiger partial charge in [-0.15, -0.1) is 0 Å². The van der Waals surface area contributed by atoms with E-state index in [0.29, 0.717) is 25.1 Å². The van der Waals surface area contributed by atoms with Crippen LogP contribution in [0.3, 0.4) is 0 Å². The summed E-state index contributed by atoms with van der Waals surface area (Å²) in [4.78, 5) is 28.2. The van der Waals surface area contributed by atoms with Gasteiger partial charge in [-0.05, 0) is 18.1 Å². The molecule has 1 N–H and O–H groups in total. The van der Waals surface area contributed by atoms with E-state index < -0.39 is 11.9 Å². The SMILES string of the molecule is O=C(CCc1ccc(C(F)(F)F)nc1)CN1CCNCC1=O. The lowest BCUT2D eigenvalue weighted by atomic mass is 10.1. The van der Waals surface area contributed by atoms with Crippen LogP contribution in [0.25, 0.3) is 0 Å². The fraction of sp³-hybridized carbons (Fsp3) is 0.500. The number of piperazine rings is 1. The molecule has 1 aromatic rings. The Bertz CT molecular complexity index is 543. The van der Waals surface area contributed by atoms with Crippen LogP contribution in [0.15, 0.2) is 18.3 Å². The van der Waals surface area contributed by atoms with E-state index in [-0.39, 0.29) is 31.2 Å². The Morgan fingerprint density at radius 3 is 2.73 bits per heavy atom. The van der Waals surface area contributed by atoms with Gasteiger partial charge >= 0.3 is 6.18 Å². The number of rotatable bonds is 5. The second kappa shape index (κ2) is 6.87. The number of carbonyl (C=O) groups is 2. The summed E-state index contributed by atoms with van der Waals surface area (Å²) in [7, 11) is 0. The molecule has 1 saturated heterocycles. The molecule has 0 saturated carbocycles. The van der Waals surface area contributed by atoms with Crippen molar-refractivity contribution >= 4 is 11.7 Å². The van der Waals surface area contributed by atoms with Crippen molar-refractivity contribution < 1.29 is 22.8 Å². The Labute approximate surface area is 125 Å². The quantitative estimate of drug-likeness (QED) is 0.882. The first-order chi connectivity index (χ1) is 10.4. The van der Waals surface area contributed by atoms with E-state index in [1.54, 1.807) is 0 Å². The van der Waals surface area contributed by atoms with Gasteiger partial charge in [0.2, 0.25) is 5.91 Å². The highest BCUT2D eigenvalue weighted by molar-refractivity contribution is 5.87. The highest BCUT2D eigenvalue weighted by Crippen LogP contribution is 2.27. The van der Waals surface area contributed by atoms with Crippen molar-refractivity contribution in [1.29, 1.82) is 0 Å². The van der Waals surface area contributed by atoms with Crippen molar-refractivity contribution in [2.75, 3.05) is 26.2 Å². The molecule has 22 heavy (non-hydrogen) atoms. The minimum atomic E-state index is -4.46. The maximum absolute atomic E-state index is 12.4. The van der Waals surface area contributed by atoms with Crippen molar-refractivity contribution in [3.63, 3.8) is 0 Å². The molecule has 0 aliphatic carbocycles. The van der Waals surface area contributed by atoms with Crippen molar-refractivity contribution in [3.8, 4) is 0 Å². The van der Waals surface area contributed by atoms with Gasteiger partial charge in [-0.1, -0.05) is 6.07 Å². The third kappa shape index (κ3) is 4.52. The Hall–Kier alpha value is -1.96. The average Bonchev–Trinajstić information content (AvgIpc) is 2.47. The van der Waals surface area contributed by atoms with Crippen LogP contribution in [0.2, 0.25) is 0 Å². The lowest BCUT2D eigenvalue weighted by Crippen LogP contribution is -2.49. The summed E-state index contributed by atoms with van der Waals surface area (Å²) in [5.41, 5.74) is -0.387. The maximum Gasteiger partial charge on any atom is 0.433 e.